The Morgan fingerprint density at radius 1 is 1.37 bits per heavy atom. The SMILES string of the molecule is CC(N)C(c1cnn(C)c1)N1CCn2cnnc2C1. The Morgan fingerprint density at radius 3 is 2.89 bits per heavy atom. The second-order valence-electron chi connectivity index (χ2n) is 5.16. The molecule has 7 nitrogen and oxygen atoms in total. The van der Waals surface area contributed by atoms with E-state index in [1.165, 1.54) is 0 Å². The molecule has 0 bridgehead atoms. The van der Waals surface area contributed by atoms with Crippen molar-refractivity contribution in [2.75, 3.05) is 6.54 Å². The highest BCUT2D eigenvalue weighted by Gasteiger charge is 2.29. The van der Waals surface area contributed by atoms with E-state index in [-0.39, 0.29) is 12.1 Å². The molecule has 19 heavy (non-hydrogen) atoms. The maximum atomic E-state index is 6.18. The third-order valence-corrected chi connectivity index (χ3v) is 3.63. The zero-order valence-electron chi connectivity index (χ0n) is 11.3. The van der Waals surface area contributed by atoms with Crippen LogP contribution in [0, 0.1) is 0 Å². The maximum Gasteiger partial charge on any atom is 0.147 e. The molecule has 0 saturated carbocycles. The van der Waals surface area contributed by atoms with Crippen LogP contribution in [0.3, 0.4) is 0 Å². The Balaban J connectivity index is 1.86. The zero-order valence-corrected chi connectivity index (χ0v) is 11.3. The Kier molecular flexibility index (Phi) is 3.08. The average Bonchev–Trinajstić information content (AvgIpc) is 2.97. The van der Waals surface area contributed by atoms with Gasteiger partial charge in [0, 0.05) is 37.9 Å². The zero-order chi connectivity index (χ0) is 13.4. The lowest BCUT2D eigenvalue weighted by Crippen LogP contribution is -2.43. The summed E-state index contributed by atoms with van der Waals surface area (Å²) in [5.74, 6) is 1.00. The summed E-state index contributed by atoms with van der Waals surface area (Å²) in [6, 6.07) is 0.206. The van der Waals surface area contributed by atoms with Gasteiger partial charge in [0.25, 0.3) is 0 Å². The predicted octanol–water partition coefficient (Wildman–Crippen LogP) is -0.0843. The molecular weight excluding hydrogens is 242 g/mol. The Bertz CT molecular complexity index is 556. The van der Waals surface area contributed by atoms with Crippen LogP contribution >= 0.6 is 0 Å². The summed E-state index contributed by atoms with van der Waals surface area (Å²) in [5, 5.41) is 12.4. The van der Waals surface area contributed by atoms with Crippen LogP contribution in [0.2, 0.25) is 0 Å². The van der Waals surface area contributed by atoms with Crippen molar-refractivity contribution in [3.05, 3.63) is 30.1 Å². The number of aryl methyl sites for hydroxylation is 1. The van der Waals surface area contributed by atoms with Gasteiger partial charge in [-0.25, -0.2) is 0 Å². The Labute approximate surface area is 112 Å². The molecule has 1 aliphatic rings. The number of nitrogens with two attached hydrogens (primary N) is 1. The van der Waals surface area contributed by atoms with Gasteiger partial charge in [-0.1, -0.05) is 0 Å². The quantitative estimate of drug-likeness (QED) is 0.836. The van der Waals surface area contributed by atoms with Crippen molar-refractivity contribution in [2.45, 2.75) is 32.1 Å². The van der Waals surface area contributed by atoms with Crippen LogP contribution in [0.4, 0.5) is 0 Å². The highest BCUT2D eigenvalue weighted by atomic mass is 15.3. The molecule has 0 aliphatic carbocycles. The number of fused-ring (bicyclic) bond motifs is 1. The van der Waals surface area contributed by atoms with Gasteiger partial charge in [0.2, 0.25) is 0 Å². The van der Waals surface area contributed by atoms with E-state index in [0.29, 0.717) is 0 Å². The van der Waals surface area contributed by atoms with Crippen molar-refractivity contribution in [3.63, 3.8) is 0 Å². The molecule has 0 fully saturated rings. The highest BCUT2D eigenvalue weighted by Crippen LogP contribution is 2.26. The molecule has 0 saturated heterocycles. The summed E-state index contributed by atoms with van der Waals surface area (Å²) >= 11 is 0. The van der Waals surface area contributed by atoms with Crippen molar-refractivity contribution in [2.24, 2.45) is 12.8 Å². The fourth-order valence-electron chi connectivity index (χ4n) is 2.76. The predicted molar refractivity (Wildman–Crippen MR) is 70.0 cm³/mol. The largest absolute Gasteiger partial charge is 0.326 e. The molecule has 0 amide bonds. The first-order valence-corrected chi connectivity index (χ1v) is 6.50. The minimum atomic E-state index is 0.0404. The van der Waals surface area contributed by atoms with Crippen LogP contribution in [-0.4, -0.2) is 42.0 Å². The number of aromatic nitrogens is 5. The summed E-state index contributed by atoms with van der Waals surface area (Å²) in [4.78, 5) is 2.35. The fraction of sp³-hybridized carbons (Fsp3) is 0.583. The van der Waals surface area contributed by atoms with E-state index in [0.717, 1.165) is 31.0 Å². The van der Waals surface area contributed by atoms with E-state index in [2.05, 4.69) is 24.8 Å². The summed E-state index contributed by atoms with van der Waals surface area (Å²) in [7, 11) is 1.93. The van der Waals surface area contributed by atoms with Crippen molar-refractivity contribution < 1.29 is 0 Å². The lowest BCUT2D eigenvalue weighted by molar-refractivity contribution is 0.136. The Hall–Kier alpha value is -1.73. The van der Waals surface area contributed by atoms with Gasteiger partial charge in [-0.15, -0.1) is 10.2 Å². The van der Waals surface area contributed by atoms with Crippen molar-refractivity contribution in [3.8, 4) is 0 Å². The molecule has 2 unspecified atom stereocenters. The molecule has 3 rings (SSSR count). The molecule has 1 aliphatic heterocycles. The molecule has 102 valence electrons. The average molecular weight is 261 g/mol. The van der Waals surface area contributed by atoms with E-state index in [4.69, 9.17) is 5.73 Å². The van der Waals surface area contributed by atoms with Crippen LogP contribution in [0.25, 0.3) is 0 Å². The standard InChI is InChI=1S/C12H19N7/c1-9(13)12(10-5-15-17(2)6-10)18-3-4-19-8-14-16-11(19)7-18/h5-6,8-9,12H,3-4,7,13H2,1-2H3. The molecule has 2 aromatic rings. The topological polar surface area (TPSA) is 77.8 Å². The van der Waals surface area contributed by atoms with Crippen LogP contribution in [0.5, 0.6) is 0 Å². The van der Waals surface area contributed by atoms with Crippen LogP contribution in [0.1, 0.15) is 24.4 Å². The van der Waals surface area contributed by atoms with Gasteiger partial charge in [-0.3, -0.25) is 9.58 Å². The first kappa shape index (κ1) is 12.3. The second kappa shape index (κ2) is 4.75. The number of hydrogen-bond acceptors (Lipinski definition) is 5. The normalized spacial score (nSPS) is 19.1. The van der Waals surface area contributed by atoms with Gasteiger partial charge in [0.05, 0.1) is 18.8 Å². The van der Waals surface area contributed by atoms with Gasteiger partial charge in [-0.2, -0.15) is 5.10 Å². The molecule has 0 spiro atoms. The monoisotopic (exact) mass is 261 g/mol. The van der Waals surface area contributed by atoms with E-state index in [9.17, 15) is 0 Å². The summed E-state index contributed by atoms with van der Waals surface area (Å²) in [6.07, 6.45) is 5.72. The molecule has 0 aromatic carbocycles. The van der Waals surface area contributed by atoms with Gasteiger partial charge in [-0.05, 0) is 6.92 Å². The van der Waals surface area contributed by atoms with Crippen LogP contribution in [-0.2, 0) is 20.1 Å². The van der Waals surface area contributed by atoms with Gasteiger partial charge >= 0.3 is 0 Å². The number of nitrogens with zero attached hydrogens (tertiary/aromatic N) is 6. The maximum absolute atomic E-state index is 6.18. The second-order valence-corrected chi connectivity index (χ2v) is 5.16. The van der Waals surface area contributed by atoms with E-state index < -0.39 is 0 Å². The van der Waals surface area contributed by atoms with E-state index >= 15 is 0 Å². The third kappa shape index (κ3) is 2.26. The molecular formula is C12H19N7. The summed E-state index contributed by atoms with van der Waals surface area (Å²) in [5.41, 5.74) is 7.34. The molecule has 0 radical (unpaired) electrons. The van der Waals surface area contributed by atoms with Crippen LogP contribution in [0.15, 0.2) is 18.7 Å². The minimum Gasteiger partial charge on any atom is -0.326 e. The van der Waals surface area contributed by atoms with Gasteiger partial charge in [0.15, 0.2) is 0 Å². The minimum absolute atomic E-state index is 0.0404. The van der Waals surface area contributed by atoms with Crippen molar-refractivity contribution in [1.29, 1.82) is 0 Å². The molecule has 7 heteroatoms. The molecule has 2 N–H and O–H groups in total. The van der Waals surface area contributed by atoms with Crippen molar-refractivity contribution in [1.82, 2.24) is 29.4 Å². The lowest BCUT2D eigenvalue weighted by Gasteiger charge is -2.36. The van der Waals surface area contributed by atoms with Crippen molar-refractivity contribution >= 4 is 0 Å². The van der Waals surface area contributed by atoms with Gasteiger partial charge in [0.1, 0.15) is 12.2 Å². The summed E-state index contributed by atoms with van der Waals surface area (Å²) < 4.78 is 3.91. The van der Waals surface area contributed by atoms with Gasteiger partial charge < -0.3 is 10.3 Å². The van der Waals surface area contributed by atoms with E-state index in [1.54, 1.807) is 6.33 Å². The number of rotatable bonds is 3. The summed E-state index contributed by atoms with van der Waals surface area (Å²) in [6.45, 7) is 4.68. The van der Waals surface area contributed by atoms with Crippen LogP contribution < -0.4 is 5.73 Å². The fourth-order valence-corrected chi connectivity index (χ4v) is 2.76. The molecule has 3 heterocycles. The molecule has 2 aromatic heterocycles. The Morgan fingerprint density at radius 2 is 2.21 bits per heavy atom. The lowest BCUT2D eigenvalue weighted by atomic mass is 10.0. The first-order chi connectivity index (χ1) is 9.15. The smallest absolute Gasteiger partial charge is 0.147 e. The highest BCUT2D eigenvalue weighted by molar-refractivity contribution is 5.14. The molecule has 2 atom stereocenters. The number of hydrogen-bond donors (Lipinski definition) is 1. The third-order valence-electron chi connectivity index (χ3n) is 3.63. The van der Waals surface area contributed by atoms with E-state index in [1.807, 2.05) is 31.0 Å². The first-order valence-electron chi connectivity index (χ1n) is 6.50.